The molecule has 0 saturated heterocycles. The molecule has 4 heteroatoms. The highest BCUT2D eigenvalue weighted by Crippen LogP contribution is 2.34. The molecule has 1 saturated carbocycles. The van der Waals surface area contributed by atoms with Crippen LogP contribution in [0.25, 0.3) is 0 Å². The average molecular weight is 254 g/mol. The van der Waals surface area contributed by atoms with Crippen LogP contribution in [0.15, 0.2) is 18.2 Å². The van der Waals surface area contributed by atoms with Crippen molar-refractivity contribution in [1.29, 1.82) is 0 Å². The number of carboxylic acid groups (broad SMARTS) is 1. The fourth-order valence-corrected chi connectivity index (χ4v) is 2.17. The number of benzene rings is 1. The summed E-state index contributed by atoms with van der Waals surface area (Å²) in [7, 11) is 0. The molecule has 2 rings (SSSR count). The van der Waals surface area contributed by atoms with Crippen molar-refractivity contribution in [3.8, 4) is 0 Å². The SMILES string of the molecule is CC(CC1CC1)Nc1ccc(Cl)cc1C(=O)O. The zero-order valence-electron chi connectivity index (χ0n) is 9.74. The highest BCUT2D eigenvalue weighted by atomic mass is 35.5. The smallest absolute Gasteiger partial charge is 0.337 e. The maximum atomic E-state index is 11.1. The van der Waals surface area contributed by atoms with Gasteiger partial charge in [-0.2, -0.15) is 0 Å². The van der Waals surface area contributed by atoms with Crippen LogP contribution in [0.2, 0.25) is 5.02 Å². The third kappa shape index (κ3) is 3.37. The molecule has 1 aliphatic carbocycles. The molecule has 0 heterocycles. The molecule has 92 valence electrons. The zero-order chi connectivity index (χ0) is 12.4. The number of rotatable bonds is 5. The summed E-state index contributed by atoms with van der Waals surface area (Å²) in [4.78, 5) is 11.1. The van der Waals surface area contributed by atoms with Crippen molar-refractivity contribution in [3.63, 3.8) is 0 Å². The van der Waals surface area contributed by atoms with Gasteiger partial charge in [0.05, 0.1) is 5.56 Å². The van der Waals surface area contributed by atoms with E-state index < -0.39 is 5.97 Å². The van der Waals surface area contributed by atoms with Crippen LogP contribution in [-0.2, 0) is 0 Å². The maximum absolute atomic E-state index is 11.1. The first-order chi connectivity index (χ1) is 8.06. The van der Waals surface area contributed by atoms with E-state index in [1.54, 1.807) is 12.1 Å². The molecule has 1 aliphatic rings. The Bertz CT molecular complexity index is 429. The van der Waals surface area contributed by atoms with Gasteiger partial charge in [0.2, 0.25) is 0 Å². The minimum absolute atomic E-state index is 0.236. The summed E-state index contributed by atoms with van der Waals surface area (Å²) >= 11 is 5.80. The molecule has 0 bridgehead atoms. The van der Waals surface area contributed by atoms with E-state index in [4.69, 9.17) is 16.7 Å². The van der Waals surface area contributed by atoms with Crippen molar-refractivity contribution >= 4 is 23.3 Å². The second kappa shape index (κ2) is 4.96. The summed E-state index contributed by atoms with van der Waals surface area (Å²) in [6, 6.07) is 5.22. The largest absolute Gasteiger partial charge is 0.478 e. The Hall–Kier alpha value is -1.22. The van der Waals surface area contributed by atoms with Gasteiger partial charge >= 0.3 is 5.97 Å². The van der Waals surface area contributed by atoms with Gasteiger partial charge in [-0.3, -0.25) is 0 Å². The summed E-state index contributed by atoms with van der Waals surface area (Å²) in [5.41, 5.74) is 0.884. The number of anilines is 1. The van der Waals surface area contributed by atoms with E-state index in [0.29, 0.717) is 16.8 Å². The van der Waals surface area contributed by atoms with Crippen LogP contribution in [0.1, 0.15) is 36.5 Å². The molecule has 2 N–H and O–H groups in total. The minimum atomic E-state index is -0.950. The lowest BCUT2D eigenvalue weighted by atomic mass is 10.1. The quantitative estimate of drug-likeness (QED) is 0.842. The molecule has 1 aromatic rings. The van der Waals surface area contributed by atoms with Gasteiger partial charge in [-0.05, 0) is 37.5 Å². The van der Waals surface area contributed by atoms with Crippen molar-refractivity contribution in [2.75, 3.05) is 5.32 Å². The van der Waals surface area contributed by atoms with Gasteiger partial charge in [-0.1, -0.05) is 24.4 Å². The van der Waals surface area contributed by atoms with Crippen molar-refractivity contribution in [2.45, 2.75) is 32.2 Å². The summed E-state index contributed by atoms with van der Waals surface area (Å²) in [6.45, 7) is 2.08. The fourth-order valence-electron chi connectivity index (χ4n) is 2.00. The molecule has 1 unspecified atom stereocenters. The molecule has 17 heavy (non-hydrogen) atoms. The fraction of sp³-hybridized carbons (Fsp3) is 0.462. The molecule has 0 amide bonds. The second-order valence-electron chi connectivity index (χ2n) is 4.72. The van der Waals surface area contributed by atoms with Crippen LogP contribution in [0.5, 0.6) is 0 Å². The van der Waals surface area contributed by atoms with Gasteiger partial charge < -0.3 is 10.4 Å². The second-order valence-corrected chi connectivity index (χ2v) is 5.16. The summed E-state index contributed by atoms with van der Waals surface area (Å²) in [5, 5.41) is 12.8. The predicted octanol–water partition coefficient (Wildman–Crippen LogP) is 3.64. The highest BCUT2D eigenvalue weighted by molar-refractivity contribution is 6.31. The summed E-state index contributed by atoms with van der Waals surface area (Å²) < 4.78 is 0. The van der Waals surface area contributed by atoms with Crippen molar-refractivity contribution < 1.29 is 9.90 Å². The minimum Gasteiger partial charge on any atom is -0.478 e. The van der Waals surface area contributed by atoms with Crippen LogP contribution >= 0.6 is 11.6 Å². The normalized spacial score (nSPS) is 16.6. The van der Waals surface area contributed by atoms with Crippen molar-refractivity contribution in [1.82, 2.24) is 0 Å². The van der Waals surface area contributed by atoms with E-state index in [9.17, 15) is 4.79 Å². The van der Waals surface area contributed by atoms with Crippen LogP contribution in [-0.4, -0.2) is 17.1 Å². The molecule has 3 nitrogen and oxygen atoms in total. The standard InChI is InChI=1S/C13H16ClNO2/c1-8(6-9-2-3-9)15-12-5-4-10(14)7-11(12)13(16)17/h4-5,7-9,15H,2-3,6H2,1H3,(H,16,17). The van der Waals surface area contributed by atoms with Gasteiger partial charge in [0.15, 0.2) is 0 Å². The Morgan fingerprint density at radius 3 is 2.88 bits per heavy atom. The highest BCUT2D eigenvalue weighted by Gasteiger charge is 2.24. The number of carbonyl (C=O) groups is 1. The van der Waals surface area contributed by atoms with Crippen molar-refractivity contribution in [2.24, 2.45) is 5.92 Å². The van der Waals surface area contributed by atoms with Crippen LogP contribution in [0.3, 0.4) is 0 Å². The molecular weight excluding hydrogens is 238 g/mol. The third-order valence-corrected chi connectivity index (χ3v) is 3.23. The Morgan fingerprint density at radius 1 is 1.59 bits per heavy atom. The number of nitrogens with one attached hydrogen (secondary N) is 1. The van der Waals surface area contributed by atoms with Crippen molar-refractivity contribution in [3.05, 3.63) is 28.8 Å². The Morgan fingerprint density at radius 2 is 2.29 bits per heavy atom. The molecule has 1 aromatic carbocycles. The molecule has 0 aliphatic heterocycles. The van der Waals surface area contributed by atoms with Gasteiger partial charge in [-0.25, -0.2) is 4.79 Å². The van der Waals surface area contributed by atoms with E-state index in [1.165, 1.54) is 18.9 Å². The van der Waals surface area contributed by atoms with E-state index in [2.05, 4.69) is 12.2 Å². The number of halogens is 1. The Labute approximate surface area is 106 Å². The third-order valence-electron chi connectivity index (χ3n) is 3.00. The summed E-state index contributed by atoms with van der Waals surface area (Å²) in [5.74, 6) is -0.133. The average Bonchev–Trinajstić information content (AvgIpc) is 3.04. The molecule has 1 fully saturated rings. The van der Waals surface area contributed by atoms with E-state index in [1.807, 2.05) is 0 Å². The first-order valence-electron chi connectivity index (χ1n) is 5.85. The van der Waals surface area contributed by atoms with Crippen LogP contribution < -0.4 is 5.32 Å². The summed E-state index contributed by atoms with van der Waals surface area (Å²) in [6.07, 6.45) is 3.71. The van der Waals surface area contributed by atoms with Gasteiger partial charge in [-0.15, -0.1) is 0 Å². The molecule has 0 spiro atoms. The molecule has 1 atom stereocenters. The molecule has 0 radical (unpaired) electrons. The lowest BCUT2D eigenvalue weighted by Gasteiger charge is -2.16. The maximum Gasteiger partial charge on any atom is 0.337 e. The number of carboxylic acids is 1. The van der Waals surface area contributed by atoms with Gasteiger partial charge in [0.25, 0.3) is 0 Å². The lowest BCUT2D eigenvalue weighted by molar-refractivity contribution is 0.0698. The first kappa shape index (κ1) is 12.2. The molecular formula is C13H16ClNO2. The first-order valence-corrected chi connectivity index (χ1v) is 6.23. The van der Waals surface area contributed by atoms with E-state index in [-0.39, 0.29) is 5.56 Å². The zero-order valence-corrected chi connectivity index (χ0v) is 10.5. The topological polar surface area (TPSA) is 49.3 Å². The Kier molecular flexibility index (Phi) is 3.57. The Balaban J connectivity index is 2.10. The van der Waals surface area contributed by atoms with Gasteiger partial charge in [0.1, 0.15) is 0 Å². The molecule has 0 aromatic heterocycles. The van der Waals surface area contributed by atoms with Gasteiger partial charge in [0, 0.05) is 16.8 Å². The lowest BCUT2D eigenvalue weighted by Crippen LogP contribution is -2.17. The predicted molar refractivity (Wildman–Crippen MR) is 68.8 cm³/mol. The van der Waals surface area contributed by atoms with E-state index in [0.717, 1.165) is 12.3 Å². The van der Waals surface area contributed by atoms with Crippen LogP contribution in [0.4, 0.5) is 5.69 Å². The van der Waals surface area contributed by atoms with E-state index >= 15 is 0 Å². The monoisotopic (exact) mass is 253 g/mol. The number of aromatic carboxylic acids is 1. The number of hydrogen-bond acceptors (Lipinski definition) is 2. The van der Waals surface area contributed by atoms with Crippen LogP contribution in [0, 0.1) is 5.92 Å². The number of hydrogen-bond donors (Lipinski definition) is 2.